The molecule has 0 fully saturated rings. The third kappa shape index (κ3) is 4.79. The summed E-state index contributed by atoms with van der Waals surface area (Å²) in [5.74, 6) is -1.01. The predicted molar refractivity (Wildman–Crippen MR) is 113 cm³/mol. The van der Waals surface area contributed by atoms with Crippen LogP contribution in [0.25, 0.3) is 0 Å². The van der Waals surface area contributed by atoms with Crippen molar-refractivity contribution in [1.29, 1.82) is 0 Å². The number of fused-ring (bicyclic) bond motifs is 1. The summed E-state index contributed by atoms with van der Waals surface area (Å²) in [6, 6.07) is 14.0. The molecule has 3 aromatic rings. The van der Waals surface area contributed by atoms with E-state index in [0.717, 1.165) is 38.9 Å². The number of anilines is 1. The molecule has 1 aliphatic rings. The normalized spacial score (nSPS) is 16.9. The van der Waals surface area contributed by atoms with Crippen LogP contribution in [-0.2, 0) is 27.8 Å². The third-order valence-corrected chi connectivity index (χ3v) is 8.15. The van der Waals surface area contributed by atoms with Gasteiger partial charge in [0, 0.05) is 12.2 Å². The number of nitrogens with one attached hydrogen (secondary N) is 1. The zero-order valence-corrected chi connectivity index (χ0v) is 18.0. The van der Waals surface area contributed by atoms with E-state index in [1.54, 1.807) is 17.5 Å². The molecule has 1 atom stereocenters. The molecule has 0 spiro atoms. The highest BCUT2D eigenvalue weighted by Gasteiger charge is 2.40. The molecule has 1 aromatic heterocycles. The minimum absolute atomic E-state index is 0.0346. The number of benzene rings is 2. The molecule has 32 heavy (non-hydrogen) atoms. The van der Waals surface area contributed by atoms with Crippen LogP contribution in [0.3, 0.4) is 0 Å². The number of alkyl halides is 3. The minimum atomic E-state index is -4.82. The second kappa shape index (κ2) is 8.57. The highest BCUT2D eigenvalue weighted by molar-refractivity contribution is 7.91. The smallest absolute Gasteiger partial charge is 0.406 e. The highest BCUT2D eigenvalue weighted by Crippen LogP contribution is 2.31. The average molecular weight is 483 g/mol. The van der Waals surface area contributed by atoms with E-state index < -0.39 is 34.1 Å². The van der Waals surface area contributed by atoms with Crippen LogP contribution in [0.5, 0.6) is 5.75 Å². The molecule has 0 aliphatic carbocycles. The van der Waals surface area contributed by atoms with Crippen LogP contribution in [-0.4, -0.2) is 31.0 Å². The van der Waals surface area contributed by atoms with Gasteiger partial charge in [0.1, 0.15) is 16.0 Å². The molecule has 6 nitrogen and oxygen atoms in total. The Morgan fingerprint density at radius 3 is 2.34 bits per heavy atom. The molecule has 1 aliphatic heterocycles. The Balaban J connectivity index is 1.60. The summed E-state index contributed by atoms with van der Waals surface area (Å²) in [6.45, 7) is 0.0346. The lowest BCUT2D eigenvalue weighted by Crippen LogP contribution is -2.50. The molecule has 4 rings (SSSR count). The average Bonchev–Trinajstić information content (AvgIpc) is 3.29. The summed E-state index contributed by atoms with van der Waals surface area (Å²) >= 11 is 1.06. The lowest BCUT2D eigenvalue weighted by atomic mass is 9.95. The van der Waals surface area contributed by atoms with E-state index in [1.165, 1.54) is 18.2 Å². The Morgan fingerprint density at radius 1 is 1.03 bits per heavy atom. The largest absolute Gasteiger partial charge is 0.573 e. The number of hydrogen-bond donors (Lipinski definition) is 1. The number of sulfonamides is 1. The van der Waals surface area contributed by atoms with Crippen molar-refractivity contribution in [1.82, 2.24) is 4.31 Å². The Hall–Kier alpha value is -2.89. The summed E-state index contributed by atoms with van der Waals surface area (Å²) in [7, 11) is -3.93. The van der Waals surface area contributed by atoms with E-state index >= 15 is 0 Å². The van der Waals surface area contributed by atoms with Gasteiger partial charge < -0.3 is 10.1 Å². The topological polar surface area (TPSA) is 75.7 Å². The number of ether oxygens (including phenoxy) is 1. The number of hydrogen-bond acceptors (Lipinski definition) is 5. The summed E-state index contributed by atoms with van der Waals surface area (Å²) in [4.78, 5) is 13.1. The van der Waals surface area contributed by atoms with E-state index in [2.05, 4.69) is 10.1 Å². The van der Waals surface area contributed by atoms with E-state index in [4.69, 9.17) is 0 Å². The lowest BCUT2D eigenvalue weighted by Gasteiger charge is -2.34. The maximum Gasteiger partial charge on any atom is 0.573 e. The van der Waals surface area contributed by atoms with Crippen LogP contribution in [0.15, 0.2) is 70.3 Å². The summed E-state index contributed by atoms with van der Waals surface area (Å²) < 4.78 is 68.6. The number of halogens is 3. The molecule has 1 N–H and O–H groups in total. The highest BCUT2D eigenvalue weighted by atomic mass is 32.2. The molecule has 168 valence electrons. The first-order valence-corrected chi connectivity index (χ1v) is 11.7. The summed E-state index contributed by atoms with van der Waals surface area (Å²) in [6.07, 6.45) is -4.65. The Kier molecular flexibility index (Phi) is 5.97. The Morgan fingerprint density at radius 2 is 1.72 bits per heavy atom. The van der Waals surface area contributed by atoms with E-state index in [0.29, 0.717) is 0 Å². The molecule has 0 bridgehead atoms. The first-order chi connectivity index (χ1) is 15.1. The van der Waals surface area contributed by atoms with Crippen LogP contribution >= 0.6 is 11.3 Å². The van der Waals surface area contributed by atoms with Crippen molar-refractivity contribution >= 4 is 33.0 Å². The Labute approximate surface area is 186 Å². The second-order valence-corrected chi connectivity index (χ2v) is 10.1. The molecule has 0 radical (unpaired) electrons. The molecule has 0 saturated heterocycles. The van der Waals surface area contributed by atoms with Gasteiger partial charge in [0.25, 0.3) is 10.0 Å². The van der Waals surface area contributed by atoms with Crippen LogP contribution in [0, 0.1) is 0 Å². The Bertz CT molecular complexity index is 1210. The first kappa shape index (κ1) is 22.3. The number of thiophene rings is 1. The fraction of sp³-hybridized carbons (Fsp3) is 0.190. The zero-order chi connectivity index (χ0) is 22.9. The number of rotatable bonds is 5. The van der Waals surface area contributed by atoms with Gasteiger partial charge >= 0.3 is 6.36 Å². The fourth-order valence-electron chi connectivity index (χ4n) is 3.47. The summed E-state index contributed by atoms with van der Waals surface area (Å²) in [5, 5.41) is 4.24. The quantitative estimate of drug-likeness (QED) is 0.585. The van der Waals surface area contributed by atoms with Crippen molar-refractivity contribution in [3.05, 3.63) is 77.2 Å². The minimum Gasteiger partial charge on any atom is -0.406 e. The van der Waals surface area contributed by atoms with Crippen molar-refractivity contribution in [2.24, 2.45) is 0 Å². The molecule has 2 aromatic carbocycles. The zero-order valence-electron chi connectivity index (χ0n) is 16.4. The van der Waals surface area contributed by atoms with E-state index in [-0.39, 0.29) is 22.9 Å². The molecule has 0 unspecified atom stereocenters. The van der Waals surface area contributed by atoms with Crippen molar-refractivity contribution in [2.75, 3.05) is 5.32 Å². The van der Waals surface area contributed by atoms with Gasteiger partial charge in [-0.25, -0.2) is 8.42 Å². The number of amides is 1. The van der Waals surface area contributed by atoms with Gasteiger partial charge in [-0.2, -0.15) is 4.31 Å². The molecular formula is C21H17F3N2O4S2. The van der Waals surface area contributed by atoms with E-state index in [1.807, 2.05) is 18.2 Å². The lowest BCUT2D eigenvalue weighted by molar-refractivity contribution is -0.274. The van der Waals surface area contributed by atoms with Crippen LogP contribution < -0.4 is 10.1 Å². The standard InChI is InChI=1S/C21H17F3N2O4S2/c22-21(23,24)30-17-9-7-16(8-10-17)25-20(27)18-12-14-4-1-2-5-15(14)13-26(18)32(28,29)19-6-3-11-31-19/h1-11,18H,12-13H2,(H,25,27)/t18-/m0/s1. The molecule has 0 saturated carbocycles. The summed E-state index contributed by atoms with van der Waals surface area (Å²) in [5.41, 5.74) is 1.89. The molecule has 1 amide bonds. The second-order valence-electron chi connectivity index (χ2n) is 7.03. The number of nitrogens with zero attached hydrogens (tertiary/aromatic N) is 1. The van der Waals surface area contributed by atoms with E-state index in [9.17, 15) is 26.4 Å². The maximum atomic E-state index is 13.2. The van der Waals surface area contributed by atoms with Crippen LogP contribution in [0.1, 0.15) is 11.1 Å². The molecule has 2 heterocycles. The van der Waals surface area contributed by atoms with Gasteiger partial charge in [-0.05, 0) is 53.3 Å². The van der Waals surface area contributed by atoms with Crippen molar-refractivity contribution in [3.63, 3.8) is 0 Å². The van der Waals surface area contributed by atoms with Gasteiger partial charge in [-0.1, -0.05) is 30.3 Å². The predicted octanol–water partition coefficient (Wildman–Crippen LogP) is 4.40. The monoisotopic (exact) mass is 482 g/mol. The third-order valence-electron chi connectivity index (χ3n) is 4.92. The van der Waals surface area contributed by atoms with Crippen LogP contribution in [0.2, 0.25) is 0 Å². The molecular weight excluding hydrogens is 465 g/mol. The van der Waals surface area contributed by atoms with Gasteiger partial charge in [-0.15, -0.1) is 24.5 Å². The molecule has 11 heteroatoms. The number of carbonyl (C=O) groups is 1. The van der Waals surface area contributed by atoms with Crippen molar-refractivity contribution in [3.8, 4) is 5.75 Å². The van der Waals surface area contributed by atoms with Gasteiger partial charge in [0.2, 0.25) is 5.91 Å². The maximum absolute atomic E-state index is 13.2. The van der Waals surface area contributed by atoms with Crippen molar-refractivity contribution < 1.29 is 31.1 Å². The van der Waals surface area contributed by atoms with Gasteiger partial charge in [-0.3, -0.25) is 4.79 Å². The van der Waals surface area contributed by atoms with Crippen molar-refractivity contribution in [2.45, 2.75) is 29.6 Å². The SMILES string of the molecule is O=C(Nc1ccc(OC(F)(F)F)cc1)[C@@H]1Cc2ccccc2CN1S(=O)(=O)c1cccs1. The van der Waals surface area contributed by atoms with Crippen LogP contribution in [0.4, 0.5) is 18.9 Å². The van der Waals surface area contributed by atoms with Gasteiger partial charge in [0.05, 0.1) is 0 Å². The first-order valence-electron chi connectivity index (χ1n) is 9.42. The van der Waals surface area contributed by atoms with Gasteiger partial charge in [0.15, 0.2) is 0 Å². The fourth-order valence-corrected chi connectivity index (χ4v) is 6.15. The number of carbonyl (C=O) groups excluding carboxylic acids is 1.